The first-order valence-electron chi connectivity index (χ1n) is 8.70. The van der Waals surface area contributed by atoms with Gasteiger partial charge in [0.15, 0.2) is 0 Å². The van der Waals surface area contributed by atoms with Crippen LogP contribution in [-0.2, 0) is 4.79 Å². The van der Waals surface area contributed by atoms with Crippen LogP contribution < -0.4 is 15.4 Å². The molecule has 0 aliphatic heterocycles. The molecule has 0 fully saturated rings. The van der Waals surface area contributed by atoms with Crippen molar-refractivity contribution in [2.24, 2.45) is 0 Å². The Balaban J connectivity index is 1.42. The lowest BCUT2D eigenvalue weighted by Gasteiger charge is -2.08. The maximum Gasteiger partial charge on any atom is 0.312 e. The number of amides is 2. The molecule has 0 saturated heterocycles. The summed E-state index contributed by atoms with van der Waals surface area (Å²) in [6, 6.07) is 17.0. The monoisotopic (exact) mass is 472 g/mol. The van der Waals surface area contributed by atoms with Crippen LogP contribution in [0.2, 0.25) is 0 Å². The molecular weight excluding hydrogens is 456 g/mol. The van der Waals surface area contributed by atoms with Gasteiger partial charge in [0.25, 0.3) is 11.8 Å². The van der Waals surface area contributed by atoms with Gasteiger partial charge < -0.3 is 15.4 Å². The quantitative estimate of drug-likeness (QED) is 0.391. The van der Waals surface area contributed by atoms with E-state index in [0.29, 0.717) is 21.9 Å². The number of thiophene rings is 1. The first-order chi connectivity index (χ1) is 14.0. The predicted molar refractivity (Wildman–Crippen MR) is 115 cm³/mol. The van der Waals surface area contributed by atoms with Crippen molar-refractivity contribution in [1.82, 2.24) is 5.32 Å². The zero-order valence-electron chi connectivity index (χ0n) is 15.2. The zero-order chi connectivity index (χ0) is 20.6. The number of ether oxygens (including phenoxy) is 1. The Morgan fingerprint density at radius 3 is 2.31 bits per heavy atom. The van der Waals surface area contributed by atoms with Gasteiger partial charge in [-0.2, -0.15) is 0 Å². The smallest absolute Gasteiger partial charge is 0.312 e. The first-order valence-corrected chi connectivity index (χ1v) is 10.4. The second-order valence-electron chi connectivity index (χ2n) is 5.94. The number of hydrogen-bond donors (Lipinski definition) is 2. The number of halogens is 1. The van der Waals surface area contributed by atoms with Gasteiger partial charge in [0, 0.05) is 22.3 Å². The van der Waals surface area contributed by atoms with Crippen LogP contribution in [0.4, 0.5) is 5.69 Å². The van der Waals surface area contributed by atoms with E-state index in [1.54, 1.807) is 54.6 Å². The molecule has 0 radical (unpaired) electrons. The van der Waals surface area contributed by atoms with E-state index < -0.39 is 5.97 Å². The summed E-state index contributed by atoms with van der Waals surface area (Å²) in [5.41, 5.74) is 1.12. The topological polar surface area (TPSA) is 84.5 Å². The van der Waals surface area contributed by atoms with Crippen LogP contribution in [0, 0.1) is 0 Å². The number of esters is 1. The van der Waals surface area contributed by atoms with Gasteiger partial charge in [-0.3, -0.25) is 14.4 Å². The highest BCUT2D eigenvalue weighted by Crippen LogP contribution is 2.18. The fourth-order valence-electron chi connectivity index (χ4n) is 2.37. The molecule has 1 aromatic heterocycles. The summed E-state index contributed by atoms with van der Waals surface area (Å²) in [6.07, 6.45) is 0.0408. The molecule has 0 unspecified atom stereocenters. The minimum absolute atomic E-state index is 0.0408. The van der Waals surface area contributed by atoms with Crippen LogP contribution in [-0.4, -0.2) is 24.3 Å². The first kappa shape index (κ1) is 20.8. The normalized spacial score (nSPS) is 10.2. The minimum atomic E-state index is -0.462. The third-order valence-electron chi connectivity index (χ3n) is 3.81. The molecule has 8 heteroatoms. The van der Waals surface area contributed by atoms with Crippen molar-refractivity contribution in [2.75, 3.05) is 11.9 Å². The number of carbonyl (C=O) groups excluding carboxylic acids is 3. The van der Waals surface area contributed by atoms with E-state index in [1.807, 2.05) is 11.4 Å². The molecule has 3 aromatic rings. The van der Waals surface area contributed by atoms with Crippen molar-refractivity contribution in [3.63, 3.8) is 0 Å². The average Bonchev–Trinajstić information content (AvgIpc) is 3.25. The average molecular weight is 473 g/mol. The maximum atomic E-state index is 12.0. The highest BCUT2D eigenvalue weighted by Gasteiger charge is 2.10. The van der Waals surface area contributed by atoms with Crippen molar-refractivity contribution >= 4 is 50.7 Å². The number of carbonyl (C=O) groups is 3. The second-order valence-corrected chi connectivity index (χ2v) is 7.81. The number of rotatable bonds is 7. The SMILES string of the molecule is O=C(CCNC(=O)c1ccc(Br)cc1)Oc1ccc(NC(=O)c2cccs2)cc1. The van der Waals surface area contributed by atoms with Crippen LogP contribution in [0.25, 0.3) is 0 Å². The molecule has 6 nitrogen and oxygen atoms in total. The Morgan fingerprint density at radius 2 is 1.66 bits per heavy atom. The summed E-state index contributed by atoms with van der Waals surface area (Å²) in [4.78, 5) is 36.6. The van der Waals surface area contributed by atoms with E-state index in [-0.39, 0.29) is 24.8 Å². The van der Waals surface area contributed by atoms with Crippen molar-refractivity contribution < 1.29 is 19.1 Å². The van der Waals surface area contributed by atoms with Gasteiger partial charge in [-0.05, 0) is 60.0 Å². The summed E-state index contributed by atoms with van der Waals surface area (Å²) in [5.74, 6) is -0.540. The third kappa shape index (κ3) is 6.27. The van der Waals surface area contributed by atoms with Gasteiger partial charge in [0.05, 0.1) is 11.3 Å². The molecule has 3 rings (SSSR count). The minimum Gasteiger partial charge on any atom is -0.426 e. The lowest BCUT2D eigenvalue weighted by molar-refractivity contribution is -0.134. The molecular formula is C21H17BrN2O4S. The maximum absolute atomic E-state index is 12.0. The Hall–Kier alpha value is -2.97. The van der Waals surface area contributed by atoms with E-state index >= 15 is 0 Å². The Bertz CT molecular complexity index is 987. The van der Waals surface area contributed by atoms with Crippen LogP contribution in [0.5, 0.6) is 5.75 Å². The second kappa shape index (κ2) is 9.99. The van der Waals surface area contributed by atoms with Gasteiger partial charge in [-0.1, -0.05) is 22.0 Å². The van der Waals surface area contributed by atoms with Crippen molar-refractivity contribution in [3.05, 3.63) is 81.0 Å². The highest BCUT2D eigenvalue weighted by molar-refractivity contribution is 9.10. The van der Waals surface area contributed by atoms with Crippen molar-refractivity contribution in [3.8, 4) is 5.75 Å². The standard InChI is InChI=1S/C21H17BrN2O4S/c22-15-5-3-14(4-6-15)20(26)23-12-11-19(25)28-17-9-7-16(8-10-17)24-21(27)18-2-1-13-29-18/h1-10,13H,11-12H2,(H,23,26)(H,24,27). The van der Waals surface area contributed by atoms with Crippen LogP contribution in [0.15, 0.2) is 70.5 Å². The number of benzene rings is 2. The van der Waals surface area contributed by atoms with Crippen molar-refractivity contribution in [2.45, 2.75) is 6.42 Å². The molecule has 2 aromatic carbocycles. The molecule has 0 aliphatic carbocycles. The highest BCUT2D eigenvalue weighted by atomic mass is 79.9. The van der Waals surface area contributed by atoms with E-state index in [4.69, 9.17) is 4.74 Å². The van der Waals surface area contributed by atoms with Crippen molar-refractivity contribution in [1.29, 1.82) is 0 Å². The fraction of sp³-hybridized carbons (Fsp3) is 0.0952. The summed E-state index contributed by atoms with van der Waals surface area (Å²) in [7, 11) is 0. The molecule has 1 heterocycles. The van der Waals surface area contributed by atoms with Gasteiger partial charge in [-0.15, -0.1) is 11.3 Å². The fourth-order valence-corrected chi connectivity index (χ4v) is 3.25. The molecule has 0 atom stereocenters. The van der Waals surface area contributed by atoms with Crippen LogP contribution in [0.1, 0.15) is 26.5 Å². The Kier molecular flexibility index (Phi) is 7.15. The molecule has 2 amide bonds. The molecule has 2 N–H and O–H groups in total. The number of nitrogens with one attached hydrogen (secondary N) is 2. The van der Waals surface area contributed by atoms with E-state index in [2.05, 4.69) is 26.6 Å². The summed E-state index contributed by atoms with van der Waals surface area (Å²) >= 11 is 4.67. The lowest BCUT2D eigenvalue weighted by atomic mass is 10.2. The molecule has 29 heavy (non-hydrogen) atoms. The van der Waals surface area contributed by atoms with E-state index in [0.717, 1.165) is 4.47 Å². The van der Waals surface area contributed by atoms with Gasteiger partial charge >= 0.3 is 5.97 Å². The predicted octanol–water partition coefficient (Wildman–Crippen LogP) is 4.49. The molecule has 0 saturated carbocycles. The Morgan fingerprint density at radius 1 is 0.931 bits per heavy atom. The van der Waals surface area contributed by atoms with Crippen LogP contribution >= 0.6 is 27.3 Å². The van der Waals surface area contributed by atoms with Gasteiger partial charge in [0.2, 0.25) is 0 Å². The van der Waals surface area contributed by atoms with Gasteiger partial charge in [0.1, 0.15) is 5.75 Å². The summed E-state index contributed by atoms with van der Waals surface area (Å²) < 4.78 is 6.13. The molecule has 148 valence electrons. The van der Waals surface area contributed by atoms with Gasteiger partial charge in [-0.25, -0.2) is 0 Å². The largest absolute Gasteiger partial charge is 0.426 e. The lowest BCUT2D eigenvalue weighted by Crippen LogP contribution is -2.27. The zero-order valence-corrected chi connectivity index (χ0v) is 17.6. The van der Waals surface area contributed by atoms with E-state index in [9.17, 15) is 14.4 Å². The summed E-state index contributed by atoms with van der Waals surface area (Å²) in [5, 5.41) is 7.28. The summed E-state index contributed by atoms with van der Waals surface area (Å²) in [6.45, 7) is 0.169. The number of hydrogen-bond acceptors (Lipinski definition) is 5. The van der Waals surface area contributed by atoms with Crippen LogP contribution in [0.3, 0.4) is 0 Å². The molecule has 0 spiro atoms. The molecule has 0 bridgehead atoms. The number of anilines is 1. The third-order valence-corrected chi connectivity index (χ3v) is 5.21. The van der Waals surface area contributed by atoms with E-state index in [1.165, 1.54) is 11.3 Å². The molecule has 0 aliphatic rings. The Labute approximate surface area is 180 Å².